The number of hydrogen-bond acceptors (Lipinski definition) is 3. The van der Waals surface area contributed by atoms with E-state index in [1.807, 2.05) is 24.5 Å². The van der Waals surface area contributed by atoms with Crippen LogP contribution in [-0.4, -0.2) is 24.1 Å². The van der Waals surface area contributed by atoms with Crippen LogP contribution < -0.4 is 10.6 Å². The monoisotopic (exact) mass is 177 g/mol. The van der Waals surface area contributed by atoms with Gasteiger partial charge in [-0.25, -0.2) is 0 Å². The minimum atomic E-state index is 0.721. The summed E-state index contributed by atoms with van der Waals surface area (Å²) in [5.41, 5.74) is 6.83. The molecular formula is C10H15N3. The SMILES string of the molecule is NCCN(c1ccncc1)C1CC1. The fourth-order valence-corrected chi connectivity index (χ4v) is 1.58. The molecule has 2 N–H and O–H groups in total. The summed E-state index contributed by atoms with van der Waals surface area (Å²) in [4.78, 5) is 6.39. The lowest BCUT2D eigenvalue weighted by atomic mass is 10.3. The Morgan fingerprint density at radius 2 is 2.08 bits per heavy atom. The third-order valence-electron chi connectivity index (χ3n) is 2.35. The van der Waals surface area contributed by atoms with Crippen LogP contribution in [0.2, 0.25) is 0 Å². The van der Waals surface area contributed by atoms with Crippen molar-refractivity contribution in [1.82, 2.24) is 4.98 Å². The molecule has 3 heteroatoms. The number of nitrogens with zero attached hydrogens (tertiary/aromatic N) is 2. The lowest BCUT2D eigenvalue weighted by molar-refractivity contribution is 0.784. The van der Waals surface area contributed by atoms with E-state index in [2.05, 4.69) is 9.88 Å². The number of aromatic nitrogens is 1. The van der Waals surface area contributed by atoms with Gasteiger partial charge in [-0.2, -0.15) is 0 Å². The van der Waals surface area contributed by atoms with Gasteiger partial charge >= 0.3 is 0 Å². The zero-order valence-electron chi connectivity index (χ0n) is 7.69. The van der Waals surface area contributed by atoms with Crippen LogP contribution in [0.15, 0.2) is 24.5 Å². The minimum absolute atomic E-state index is 0.721. The van der Waals surface area contributed by atoms with Crippen LogP contribution in [0.5, 0.6) is 0 Å². The van der Waals surface area contributed by atoms with Crippen molar-refractivity contribution in [3.05, 3.63) is 24.5 Å². The van der Waals surface area contributed by atoms with E-state index in [1.165, 1.54) is 18.5 Å². The molecule has 1 heterocycles. The van der Waals surface area contributed by atoms with Crippen molar-refractivity contribution in [1.29, 1.82) is 0 Å². The van der Waals surface area contributed by atoms with Crippen molar-refractivity contribution in [2.24, 2.45) is 5.73 Å². The van der Waals surface area contributed by atoms with Crippen molar-refractivity contribution < 1.29 is 0 Å². The molecule has 3 nitrogen and oxygen atoms in total. The molecule has 13 heavy (non-hydrogen) atoms. The normalized spacial score (nSPS) is 15.8. The van der Waals surface area contributed by atoms with E-state index >= 15 is 0 Å². The molecule has 0 spiro atoms. The summed E-state index contributed by atoms with van der Waals surface area (Å²) in [7, 11) is 0. The maximum Gasteiger partial charge on any atom is 0.0400 e. The number of rotatable bonds is 4. The number of anilines is 1. The molecule has 1 aliphatic carbocycles. The van der Waals surface area contributed by atoms with E-state index in [9.17, 15) is 0 Å². The maximum atomic E-state index is 5.58. The summed E-state index contributed by atoms with van der Waals surface area (Å²) >= 11 is 0. The molecule has 0 aromatic carbocycles. The molecule has 2 rings (SSSR count). The molecule has 1 aromatic rings. The molecule has 0 amide bonds. The molecule has 0 atom stereocenters. The van der Waals surface area contributed by atoms with E-state index in [1.54, 1.807) is 0 Å². The van der Waals surface area contributed by atoms with E-state index < -0.39 is 0 Å². The van der Waals surface area contributed by atoms with Crippen molar-refractivity contribution in [3.8, 4) is 0 Å². The Morgan fingerprint density at radius 3 is 2.62 bits per heavy atom. The van der Waals surface area contributed by atoms with Crippen molar-refractivity contribution >= 4 is 5.69 Å². The fraction of sp³-hybridized carbons (Fsp3) is 0.500. The number of nitrogens with two attached hydrogens (primary N) is 1. The van der Waals surface area contributed by atoms with E-state index in [0.29, 0.717) is 0 Å². The Labute approximate surface area is 78.6 Å². The van der Waals surface area contributed by atoms with E-state index in [4.69, 9.17) is 5.73 Å². The summed E-state index contributed by atoms with van der Waals surface area (Å²) < 4.78 is 0. The predicted molar refractivity (Wildman–Crippen MR) is 53.7 cm³/mol. The van der Waals surface area contributed by atoms with E-state index in [0.717, 1.165) is 19.1 Å². The number of hydrogen-bond donors (Lipinski definition) is 1. The second-order valence-electron chi connectivity index (χ2n) is 3.42. The van der Waals surface area contributed by atoms with Crippen LogP contribution in [0.25, 0.3) is 0 Å². The Bertz CT molecular complexity index is 256. The molecule has 70 valence electrons. The number of pyridine rings is 1. The van der Waals surface area contributed by atoms with Crippen LogP contribution in [0.4, 0.5) is 5.69 Å². The molecule has 0 unspecified atom stereocenters. The average molecular weight is 177 g/mol. The second kappa shape index (κ2) is 3.75. The predicted octanol–water partition coefficient (Wildman–Crippen LogP) is 1.01. The molecule has 0 aliphatic heterocycles. The Hall–Kier alpha value is -1.09. The van der Waals surface area contributed by atoms with Gasteiger partial charge in [0.05, 0.1) is 0 Å². The zero-order valence-corrected chi connectivity index (χ0v) is 7.69. The van der Waals surface area contributed by atoms with Gasteiger partial charge in [0.1, 0.15) is 0 Å². The largest absolute Gasteiger partial charge is 0.367 e. The summed E-state index contributed by atoms with van der Waals surface area (Å²) in [5.74, 6) is 0. The first-order valence-electron chi connectivity index (χ1n) is 4.78. The van der Waals surface area contributed by atoms with Crippen molar-refractivity contribution in [3.63, 3.8) is 0 Å². The van der Waals surface area contributed by atoms with Crippen molar-refractivity contribution in [2.75, 3.05) is 18.0 Å². The minimum Gasteiger partial charge on any atom is -0.367 e. The molecule has 0 radical (unpaired) electrons. The Morgan fingerprint density at radius 1 is 1.38 bits per heavy atom. The lowest BCUT2D eigenvalue weighted by Crippen LogP contribution is -2.31. The molecule has 1 aliphatic rings. The first kappa shape index (κ1) is 8.51. The van der Waals surface area contributed by atoms with Gasteiger partial charge in [-0.05, 0) is 25.0 Å². The zero-order chi connectivity index (χ0) is 9.10. The average Bonchev–Trinajstić information content (AvgIpc) is 2.99. The van der Waals surface area contributed by atoms with Gasteiger partial charge in [-0.1, -0.05) is 0 Å². The molecule has 0 saturated heterocycles. The first-order chi connectivity index (χ1) is 6.42. The van der Waals surface area contributed by atoms with Gasteiger partial charge in [0.25, 0.3) is 0 Å². The smallest absolute Gasteiger partial charge is 0.0400 e. The fourth-order valence-electron chi connectivity index (χ4n) is 1.58. The van der Waals surface area contributed by atoms with Crippen LogP contribution in [0.1, 0.15) is 12.8 Å². The molecule has 1 saturated carbocycles. The lowest BCUT2D eigenvalue weighted by Gasteiger charge is -2.23. The maximum absolute atomic E-state index is 5.58. The topological polar surface area (TPSA) is 42.1 Å². The summed E-state index contributed by atoms with van der Waals surface area (Å²) in [6.45, 7) is 1.67. The van der Waals surface area contributed by atoms with Crippen LogP contribution >= 0.6 is 0 Å². The van der Waals surface area contributed by atoms with Gasteiger partial charge < -0.3 is 10.6 Å². The summed E-state index contributed by atoms with van der Waals surface area (Å²) in [5, 5.41) is 0. The Kier molecular flexibility index (Phi) is 2.45. The summed E-state index contributed by atoms with van der Waals surface area (Å²) in [6.07, 6.45) is 6.28. The summed E-state index contributed by atoms with van der Waals surface area (Å²) in [6, 6.07) is 4.83. The highest BCUT2D eigenvalue weighted by Crippen LogP contribution is 2.30. The Balaban J connectivity index is 2.10. The highest BCUT2D eigenvalue weighted by Gasteiger charge is 2.28. The third kappa shape index (κ3) is 1.98. The standard InChI is InChI=1S/C10H15N3/c11-5-8-13(9-1-2-9)10-3-6-12-7-4-10/h3-4,6-7,9H,1-2,5,8,11H2. The molecule has 1 fully saturated rings. The van der Waals surface area contributed by atoms with Crippen LogP contribution in [-0.2, 0) is 0 Å². The first-order valence-corrected chi connectivity index (χ1v) is 4.78. The van der Waals surface area contributed by atoms with E-state index in [-0.39, 0.29) is 0 Å². The highest BCUT2D eigenvalue weighted by molar-refractivity contribution is 5.47. The molecule has 1 aromatic heterocycles. The van der Waals surface area contributed by atoms with Gasteiger partial charge in [0.15, 0.2) is 0 Å². The molecule has 0 bridgehead atoms. The second-order valence-corrected chi connectivity index (χ2v) is 3.42. The van der Waals surface area contributed by atoms with Gasteiger partial charge in [0, 0.05) is 37.2 Å². The van der Waals surface area contributed by atoms with Gasteiger partial charge in [0.2, 0.25) is 0 Å². The van der Waals surface area contributed by atoms with Gasteiger partial charge in [-0.15, -0.1) is 0 Å². The van der Waals surface area contributed by atoms with Crippen LogP contribution in [0, 0.1) is 0 Å². The quantitative estimate of drug-likeness (QED) is 0.746. The van der Waals surface area contributed by atoms with Gasteiger partial charge in [-0.3, -0.25) is 4.98 Å². The van der Waals surface area contributed by atoms with Crippen LogP contribution in [0.3, 0.4) is 0 Å². The van der Waals surface area contributed by atoms with Crippen molar-refractivity contribution in [2.45, 2.75) is 18.9 Å². The highest BCUT2D eigenvalue weighted by atomic mass is 15.2. The third-order valence-corrected chi connectivity index (χ3v) is 2.35. The molecular weight excluding hydrogens is 162 g/mol.